The van der Waals surface area contributed by atoms with E-state index in [0.29, 0.717) is 0 Å². The number of nitrogens with zero attached hydrogens (tertiary/aromatic N) is 2. The molecule has 0 aliphatic carbocycles. The molecule has 0 saturated heterocycles. The van der Waals surface area contributed by atoms with E-state index < -0.39 is 0 Å². The SMILES string of the molecule is Cn1c2ccccc2n2cccc12. The molecule has 2 heteroatoms. The monoisotopic (exact) mass is 170 g/mol. The highest BCUT2D eigenvalue weighted by molar-refractivity contribution is 5.81. The first kappa shape index (κ1) is 6.78. The van der Waals surface area contributed by atoms with Crippen LogP contribution in [0.15, 0.2) is 42.6 Å². The second-order valence-corrected chi connectivity index (χ2v) is 3.28. The lowest BCUT2D eigenvalue weighted by Gasteiger charge is -1.92. The van der Waals surface area contributed by atoms with Crippen molar-refractivity contribution in [2.45, 2.75) is 0 Å². The van der Waals surface area contributed by atoms with Gasteiger partial charge < -0.3 is 8.97 Å². The molecule has 0 aliphatic rings. The molecule has 0 saturated carbocycles. The molecule has 2 heterocycles. The molecule has 0 aliphatic heterocycles. The number of hydrogen-bond donors (Lipinski definition) is 0. The second-order valence-electron chi connectivity index (χ2n) is 3.28. The molecule has 3 aromatic rings. The van der Waals surface area contributed by atoms with Crippen LogP contribution in [-0.4, -0.2) is 8.97 Å². The highest BCUT2D eigenvalue weighted by Gasteiger charge is 2.04. The number of aromatic nitrogens is 2. The van der Waals surface area contributed by atoms with Crippen LogP contribution >= 0.6 is 0 Å². The Kier molecular flexibility index (Phi) is 1.13. The zero-order valence-corrected chi connectivity index (χ0v) is 7.44. The van der Waals surface area contributed by atoms with Crippen molar-refractivity contribution in [1.82, 2.24) is 8.97 Å². The Morgan fingerprint density at radius 2 is 1.69 bits per heavy atom. The Balaban J connectivity index is 2.72. The maximum Gasteiger partial charge on any atom is 0.117 e. The van der Waals surface area contributed by atoms with Gasteiger partial charge in [0.2, 0.25) is 0 Å². The van der Waals surface area contributed by atoms with Crippen LogP contribution in [0.25, 0.3) is 16.7 Å². The topological polar surface area (TPSA) is 9.34 Å². The number of aryl methyl sites for hydroxylation is 1. The standard InChI is InChI=1S/C11H10N2/c1-12-9-5-2-3-6-10(9)13-8-4-7-11(12)13/h2-8H,1H3. The van der Waals surface area contributed by atoms with E-state index in [9.17, 15) is 0 Å². The summed E-state index contributed by atoms with van der Waals surface area (Å²) in [6.45, 7) is 0. The summed E-state index contributed by atoms with van der Waals surface area (Å²) in [6.07, 6.45) is 2.09. The molecule has 0 spiro atoms. The van der Waals surface area contributed by atoms with Crippen LogP contribution in [0.4, 0.5) is 0 Å². The van der Waals surface area contributed by atoms with Gasteiger partial charge in [0.15, 0.2) is 0 Å². The molecule has 2 aromatic heterocycles. The number of imidazole rings is 1. The van der Waals surface area contributed by atoms with E-state index in [1.807, 2.05) is 0 Å². The minimum atomic E-state index is 1.24. The summed E-state index contributed by atoms with van der Waals surface area (Å²) in [5, 5.41) is 0. The van der Waals surface area contributed by atoms with Crippen molar-refractivity contribution in [3.63, 3.8) is 0 Å². The van der Waals surface area contributed by atoms with Crippen LogP contribution in [0.2, 0.25) is 0 Å². The van der Waals surface area contributed by atoms with Gasteiger partial charge in [0.05, 0.1) is 11.0 Å². The first-order chi connectivity index (χ1) is 6.38. The average Bonchev–Trinajstić information content (AvgIpc) is 2.72. The Morgan fingerprint density at radius 3 is 2.54 bits per heavy atom. The predicted octanol–water partition coefficient (Wildman–Crippen LogP) is 2.43. The van der Waals surface area contributed by atoms with Gasteiger partial charge in [-0.15, -0.1) is 0 Å². The molecular formula is C11H10N2. The molecule has 0 unspecified atom stereocenters. The summed E-state index contributed by atoms with van der Waals surface area (Å²) in [4.78, 5) is 0. The fraction of sp³-hybridized carbons (Fsp3) is 0.0909. The van der Waals surface area contributed by atoms with Crippen molar-refractivity contribution < 1.29 is 0 Å². The lowest BCUT2D eigenvalue weighted by molar-refractivity contribution is 0.994. The molecule has 0 N–H and O–H groups in total. The summed E-state index contributed by atoms with van der Waals surface area (Å²) in [5.74, 6) is 0. The summed E-state index contributed by atoms with van der Waals surface area (Å²) in [6, 6.07) is 12.6. The Hall–Kier alpha value is -1.70. The largest absolute Gasteiger partial charge is 0.329 e. The molecule has 0 amide bonds. The van der Waals surface area contributed by atoms with Crippen LogP contribution in [0, 0.1) is 0 Å². The third-order valence-electron chi connectivity index (χ3n) is 2.57. The Morgan fingerprint density at radius 1 is 0.923 bits per heavy atom. The average molecular weight is 170 g/mol. The molecule has 1 aromatic carbocycles. The Bertz CT molecular complexity index is 572. The van der Waals surface area contributed by atoms with E-state index in [1.165, 1.54) is 16.7 Å². The number of rotatable bonds is 0. The van der Waals surface area contributed by atoms with Gasteiger partial charge >= 0.3 is 0 Å². The third kappa shape index (κ3) is 0.724. The summed E-state index contributed by atoms with van der Waals surface area (Å²) in [5.41, 5.74) is 3.78. The zero-order chi connectivity index (χ0) is 8.84. The van der Waals surface area contributed by atoms with Crippen LogP contribution in [0.3, 0.4) is 0 Å². The number of para-hydroxylation sites is 2. The molecule has 2 nitrogen and oxygen atoms in total. The van der Waals surface area contributed by atoms with Crippen molar-refractivity contribution in [3.8, 4) is 0 Å². The fourth-order valence-corrected chi connectivity index (χ4v) is 1.92. The lowest BCUT2D eigenvalue weighted by Crippen LogP contribution is -1.84. The van der Waals surface area contributed by atoms with Gasteiger partial charge in [0, 0.05) is 13.2 Å². The fourth-order valence-electron chi connectivity index (χ4n) is 1.92. The van der Waals surface area contributed by atoms with Gasteiger partial charge in [-0.05, 0) is 24.3 Å². The van der Waals surface area contributed by atoms with Crippen LogP contribution in [-0.2, 0) is 7.05 Å². The molecule has 64 valence electrons. The van der Waals surface area contributed by atoms with Gasteiger partial charge in [-0.2, -0.15) is 0 Å². The van der Waals surface area contributed by atoms with Crippen molar-refractivity contribution in [3.05, 3.63) is 42.6 Å². The van der Waals surface area contributed by atoms with Crippen molar-refractivity contribution in [1.29, 1.82) is 0 Å². The molecule has 0 bridgehead atoms. The minimum absolute atomic E-state index is 1.24. The number of benzene rings is 1. The summed E-state index contributed by atoms with van der Waals surface area (Å²) >= 11 is 0. The maximum absolute atomic E-state index is 2.20. The van der Waals surface area contributed by atoms with Crippen LogP contribution < -0.4 is 0 Å². The van der Waals surface area contributed by atoms with Gasteiger partial charge in [-0.1, -0.05) is 12.1 Å². The van der Waals surface area contributed by atoms with Crippen molar-refractivity contribution in [2.24, 2.45) is 7.05 Å². The summed E-state index contributed by atoms with van der Waals surface area (Å²) < 4.78 is 4.41. The smallest absolute Gasteiger partial charge is 0.117 e. The molecule has 0 fully saturated rings. The Labute approximate surface area is 76.0 Å². The van der Waals surface area contributed by atoms with Gasteiger partial charge in [-0.25, -0.2) is 0 Å². The molecule has 0 radical (unpaired) electrons. The molecule has 0 atom stereocenters. The lowest BCUT2D eigenvalue weighted by atomic mass is 10.3. The second kappa shape index (κ2) is 2.16. The molecule has 13 heavy (non-hydrogen) atoms. The third-order valence-corrected chi connectivity index (χ3v) is 2.57. The molecular weight excluding hydrogens is 160 g/mol. The van der Waals surface area contributed by atoms with E-state index in [2.05, 4.69) is 58.6 Å². The van der Waals surface area contributed by atoms with E-state index in [4.69, 9.17) is 0 Å². The first-order valence-corrected chi connectivity index (χ1v) is 4.38. The highest BCUT2D eigenvalue weighted by Crippen LogP contribution is 2.19. The van der Waals surface area contributed by atoms with Crippen molar-refractivity contribution in [2.75, 3.05) is 0 Å². The van der Waals surface area contributed by atoms with Crippen molar-refractivity contribution >= 4 is 16.7 Å². The zero-order valence-electron chi connectivity index (χ0n) is 7.44. The predicted molar refractivity (Wildman–Crippen MR) is 53.9 cm³/mol. The van der Waals surface area contributed by atoms with E-state index in [0.717, 1.165) is 0 Å². The quantitative estimate of drug-likeness (QED) is 0.490. The van der Waals surface area contributed by atoms with Crippen LogP contribution in [0.5, 0.6) is 0 Å². The van der Waals surface area contributed by atoms with E-state index >= 15 is 0 Å². The van der Waals surface area contributed by atoms with E-state index in [1.54, 1.807) is 0 Å². The minimum Gasteiger partial charge on any atom is -0.329 e. The van der Waals surface area contributed by atoms with E-state index in [-0.39, 0.29) is 0 Å². The number of hydrogen-bond acceptors (Lipinski definition) is 0. The highest BCUT2D eigenvalue weighted by atomic mass is 15.1. The van der Waals surface area contributed by atoms with Gasteiger partial charge in [-0.3, -0.25) is 0 Å². The normalized spacial score (nSPS) is 11.5. The van der Waals surface area contributed by atoms with Gasteiger partial charge in [0.25, 0.3) is 0 Å². The summed E-state index contributed by atoms with van der Waals surface area (Å²) in [7, 11) is 2.09. The van der Waals surface area contributed by atoms with Gasteiger partial charge in [0.1, 0.15) is 5.65 Å². The first-order valence-electron chi connectivity index (χ1n) is 4.38. The van der Waals surface area contributed by atoms with Crippen LogP contribution in [0.1, 0.15) is 0 Å². The number of fused-ring (bicyclic) bond motifs is 3. The maximum atomic E-state index is 2.20. The molecule has 3 rings (SSSR count).